The Morgan fingerprint density at radius 3 is 2.71 bits per heavy atom. The maximum Gasteiger partial charge on any atom is 0.307 e. The molecule has 3 nitrogen and oxygen atoms in total. The number of hydrogen-bond acceptors (Lipinski definition) is 2. The zero-order chi connectivity index (χ0) is 9.76. The second-order valence-electron chi connectivity index (χ2n) is 5.00. The van der Waals surface area contributed by atoms with Gasteiger partial charge in [-0.25, -0.2) is 0 Å². The lowest BCUT2D eigenvalue weighted by Gasteiger charge is -2.65. The molecule has 1 N–H and O–H groups in total. The number of ether oxygens (including phenoxy) is 1. The highest BCUT2D eigenvalue weighted by atomic mass is 16.5. The molecule has 1 heterocycles. The van der Waals surface area contributed by atoms with Crippen LogP contribution in [-0.2, 0) is 9.53 Å². The first-order valence-electron chi connectivity index (χ1n) is 5.60. The fourth-order valence-electron chi connectivity index (χ4n) is 3.83. The summed E-state index contributed by atoms with van der Waals surface area (Å²) in [7, 11) is 0. The molecule has 0 radical (unpaired) electrons. The van der Waals surface area contributed by atoms with Crippen LogP contribution < -0.4 is 0 Å². The van der Waals surface area contributed by atoms with Crippen LogP contribution in [0.5, 0.6) is 0 Å². The Hall–Kier alpha value is -0.570. The van der Waals surface area contributed by atoms with E-state index in [2.05, 4.69) is 0 Å². The number of rotatable bonds is 1. The van der Waals surface area contributed by atoms with Crippen LogP contribution in [0.25, 0.3) is 0 Å². The van der Waals surface area contributed by atoms with Crippen molar-refractivity contribution in [3.05, 3.63) is 0 Å². The molecule has 1 saturated heterocycles. The van der Waals surface area contributed by atoms with Crippen LogP contribution in [0.4, 0.5) is 0 Å². The lowest BCUT2D eigenvalue weighted by atomic mass is 9.42. The van der Waals surface area contributed by atoms with Crippen LogP contribution in [0, 0.1) is 17.3 Å². The molecule has 2 aliphatic carbocycles. The van der Waals surface area contributed by atoms with Crippen molar-refractivity contribution in [2.45, 2.75) is 38.2 Å². The van der Waals surface area contributed by atoms with E-state index in [1.165, 1.54) is 6.42 Å². The van der Waals surface area contributed by atoms with E-state index in [9.17, 15) is 9.90 Å². The summed E-state index contributed by atoms with van der Waals surface area (Å²) in [5.41, 5.74) is 0.0525. The topological polar surface area (TPSA) is 46.5 Å². The van der Waals surface area contributed by atoms with Gasteiger partial charge in [0.2, 0.25) is 0 Å². The van der Waals surface area contributed by atoms with Gasteiger partial charge >= 0.3 is 5.97 Å². The molecule has 0 unspecified atom stereocenters. The average Bonchev–Trinajstić information content (AvgIpc) is 2.03. The third kappa shape index (κ3) is 0.842. The summed E-state index contributed by atoms with van der Waals surface area (Å²) >= 11 is 0. The first-order valence-corrected chi connectivity index (χ1v) is 5.60. The molecule has 3 heteroatoms. The number of fused-ring (bicyclic) bond motifs is 2. The monoisotopic (exact) mass is 196 g/mol. The van der Waals surface area contributed by atoms with E-state index in [-0.39, 0.29) is 17.4 Å². The van der Waals surface area contributed by atoms with Crippen LogP contribution >= 0.6 is 0 Å². The molecule has 0 aromatic rings. The molecule has 1 aliphatic heterocycles. The summed E-state index contributed by atoms with van der Waals surface area (Å²) in [6.45, 7) is 0.843. The second kappa shape index (κ2) is 2.72. The van der Waals surface area contributed by atoms with Gasteiger partial charge in [-0.1, -0.05) is 6.42 Å². The Bertz CT molecular complexity index is 270. The minimum Gasteiger partial charge on any atom is -0.481 e. The minimum atomic E-state index is -0.587. The van der Waals surface area contributed by atoms with Crippen molar-refractivity contribution in [2.24, 2.45) is 17.3 Å². The molecular weight excluding hydrogens is 180 g/mol. The van der Waals surface area contributed by atoms with Crippen LogP contribution in [0.1, 0.15) is 32.1 Å². The maximum atomic E-state index is 11.2. The summed E-state index contributed by atoms with van der Waals surface area (Å²) in [4.78, 5) is 11.2. The van der Waals surface area contributed by atoms with Crippen molar-refractivity contribution in [3.8, 4) is 0 Å². The molecule has 0 amide bonds. The lowest BCUT2D eigenvalue weighted by molar-refractivity contribution is -0.261. The zero-order valence-electron chi connectivity index (χ0n) is 8.24. The first kappa shape index (κ1) is 8.72. The summed E-state index contributed by atoms with van der Waals surface area (Å²) in [6.07, 6.45) is 5.72. The predicted molar refractivity (Wildman–Crippen MR) is 49.9 cm³/mol. The van der Waals surface area contributed by atoms with Crippen molar-refractivity contribution in [1.82, 2.24) is 0 Å². The third-order valence-electron chi connectivity index (χ3n) is 4.53. The summed E-state index contributed by atoms with van der Waals surface area (Å²) in [5, 5.41) is 9.22. The Kier molecular flexibility index (Phi) is 1.69. The molecule has 3 fully saturated rings. The average molecular weight is 196 g/mol. The summed E-state index contributed by atoms with van der Waals surface area (Å²) < 4.78 is 5.75. The van der Waals surface area contributed by atoms with Gasteiger partial charge in [0.15, 0.2) is 0 Å². The first-order chi connectivity index (χ1) is 6.76. The molecular formula is C11H16O3. The van der Waals surface area contributed by atoms with Crippen LogP contribution in [0.2, 0.25) is 0 Å². The fraction of sp³-hybridized carbons (Fsp3) is 0.909. The molecule has 0 aromatic heterocycles. The van der Waals surface area contributed by atoms with Crippen molar-refractivity contribution in [3.63, 3.8) is 0 Å². The van der Waals surface area contributed by atoms with Gasteiger partial charge in [-0.2, -0.15) is 0 Å². The van der Waals surface area contributed by atoms with E-state index >= 15 is 0 Å². The number of carbonyl (C=O) groups is 1. The van der Waals surface area contributed by atoms with Crippen LogP contribution in [0.15, 0.2) is 0 Å². The van der Waals surface area contributed by atoms with Gasteiger partial charge in [-0.05, 0) is 31.6 Å². The fourth-order valence-corrected chi connectivity index (χ4v) is 3.83. The van der Waals surface area contributed by atoms with E-state index in [0.717, 1.165) is 32.3 Å². The molecule has 78 valence electrons. The molecule has 2 saturated carbocycles. The van der Waals surface area contributed by atoms with Gasteiger partial charge in [0.1, 0.15) is 0 Å². The SMILES string of the molecule is O=C(O)[C@@H]1[C@H]2CCCO[C@@H]2C12CCC2. The molecule has 0 bridgehead atoms. The number of carboxylic acids is 1. The van der Waals surface area contributed by atoms with Gasteiger partial charge in [0, 0.05) is 12.0 Å². The minimum absolute atomic E-state index is 0.0525. The molecule has 1 spiro atoms. The molecule has 14 heavy (non-hydrogen) atoms. The van der Waals surface area contributed by atoms with Gasteiger partial charge in [0.25, 0.3) is 0 Å². The zero-order valence-corrected chi connectivity index (χ0v) is 8.24. The van der Waals surface area contributed by atoms with Crippen molar-refractivity contribution < 1.29 is 14.6 Å². The highest BCUT2D eigenvalue weighted by Gasteiger charge is 2.68. The molecule has 0 aromatic carbocycles. The maximum absolute atomic E-state index is 11.2. The van der Waals surface area contributed by atoms with E-state index in [1.54, 1.807) is 0 Å². The van der Waals surface area contributed by atoms with Crippen molar-refractivity contribution in [2.75, 3.05) is 6.61 Å². The lowest BCUT2D eigenvalue weighted by Crippen LogP contribution is -2.68. The van der Waals surface area contributed by atoms with E-state index in [1.807, 2.05) is 0 Å². The van der Waals surface area contributed by atoms with Crippen molar-refractivity contribution >= 4 is 5.97 Å². The largest absolute Gasteiger partial charge is 0.481 e. The Morgan fingerprint density at radius 2 is 2.14 bits per heavy atom. The second-order valence-corrected chi connectivity index (χ2v) is 5.00. The number of carboxylic acid groups (broad SMARTS) is 1. The Balaban J connectivity index is 1.85. The van der Waals surface area contributed by atoms with E-state index in [0.29, 0.717) is 5.92 Å². The summed E-state index contributed by atoms with van der Waals surface area (Å²) in [6, 6.07) is 0. The molecule has 3 aliphatic rings. The van der Waals surface area contributed by atoms with Gasteiger partial charge < -0.3 is 9.84 Å². The van der Waals surface area contributed by atoms with Gasteiger partial charge in [-0.3, -0.25) is 4.79 Å². The smallest absolute Gasteiger partial charge is 0.307 e. The Labute approximate surface area is 83.4 Å². The highest BCUT2D eigenvalue weighted by Crippen LogP contribution is 2.65. The van der Waals surface area contributed by atoms with Gasteiger partial charge in [0.05, 0.1) is 12.0 Å². The van der Waals surface area contributed by atoms with Gasteiger partial charge in [-0.15, -0.1) is 0 Å². The normalized spacial score (nSPS) is 43.6. The summed E-state index contributed by atoms with van der Waals surface area (Å²) in [5.74, 6) is -0.362. The molecule has 3 atom stereocenters. The standard InChI is InChI=1S/C11H16O3/c12-10(13)8-7-3-1-6-14-9(7)11(8)4-2-5-11/h7-9H,1-6H2,(H,12,13)/t7-,8+,9+/m1/s1. The van der Waals surface area contributed by atoms with Crippen LogP contribution in [-0.4, -0.2) is 23.8 Å². The quantitative estimate of drug-likeness (QED) is 0.693. The highest BCUT2D eigenvalue weighted by molar-refractivity contribution is 5.74. The predicted octanol–water partition coefficient (Wildman–Crippen LogP) is 1.67. The third-order valence-corrected chi connectivity index (χ3v) is 4.53. The number of aliphatic carboxylic acids is 1. The van der Waals surface area contributed by atoms with E-state index in [4.69, 9.17) is 4.74 Å². The van der Waals surface area contributed by atoms with E-state index < -0.39 is 5.97 Å². The number of hydrogen-bond donors (Lipinski definition) is 1. The Morgan fingerprint density at radius 1 is 1.36 bits per heavy atom. The van der Waals surface area contributed by atoms with Crippen LogP contribution in [0.3, 0.4) is 0 Å². The molecule has 3 rings (SSSR count). The van der Waals surface area contributed by atoms with Crippen molar-refractivity contribution in [1.29, 1.82) is 0 Å².